The van der Waals surface area contributed by atoms with E-state index in [0.717, 1.165) is 18.7 Å². The highest BCUT2D eigenvalue weighted by atomic mass is 16.5. The molecule has 5 nitrogen and oxygen atoms in total. The molecule has 0 atom stereocenters. The molecule has 1 saturated heterocycles. The van der Waals surface area contributed by atoms with Crippen molar-refractivity contribution in [3.8, 4) is 17.2 Å². The van der Waals surface area contributed by atoms with E-state index in [-0.39, 0.29) is 17.3 Å². The normalized spacial score (nSPS) is 18.0. The van der Waals surface area contributed by atoms with Crippen molar-refractivity contribution in [1.82, 2.24) is 0 Å². The molecule has 2 aromatic rings. The van der Waals surface area contributed by atoms with Gasteiger partial charge in [-0.05, 0) is 36.3 Å². The Morgan fingerprint density at radius 2 is 2.04 bits per heavy atom. The summed E-state index contributed by atoms with van der Waals surface area (Å²) in [6, 6.07) is 9.00. The van der Waals surface area contributed by atoms with E-state index in [0.29, 0.717) is 34.7 Å². The van der Waals surface area contributed by atoms with Crippen LogP contribution in [0, 0.1) is 6.92 Å². The number of carbonyl (C=O) groups excluding carboxylic acids is 1. The summed E-state index contributed by atoms with van der Waals surface area (Å²) in [5.41, 5.74) is 2.64. The van der Waals surface area contributed by atoms with Crippen molar-refractivity contribution < 1.29 is 24.3 Å². The van der Waals surface area contributed by atoms with Gasteiger partial charge in [-0.3, -0.25) is 4.79 Å². The molecule has 2 aliphatic rings. The first-order valence-corrected chi connectivity index (χ1v) is 9.32. The largest absolute Gasteiger partial charge is 0.872 e. The van der Waals surface area contributed by atoms with Crippen LogP contribution in [0.2, 0.25) is 0 Å². The van der Waals surface area contributed by atoms with Crippen LogP contribution in [0.1, 0.15) is 39.9 Å². The number of Topliss-reactive ketones (excluding diaryl/α,β-unsaturated/α-hetero) is 1. The number of ether oxygens (including phenoxy) is 2. The van der Waals surface area contributed by atoms with E-state index in [9.17, 15) is 9.90 Å². The van der Waals surface area contributed by atoms with Crippen LogP contribution in [0.3, 0.4) is 0 Å². The number of methoxy groups -OCH3 is 1. The van der Waals surface area contributed by atoms with Crippen molar-refractivity contribution in [2.75, 3.05) is 20.2 Å². The van der Waals surface area contributed by atoms with Gasteiger partial charge in [0.15, 0.2) is 5.76 Å². The summed E-state index contributed by atoms with van der Waals surface area (Å²) < 4.78 is 11.2. The van der Waals surface area contributed by atoms with Crippen molar-refractivity contribution in [3.05, 3.63) is 58.3 Å². The molecule has 1 fully saturated rings. The fraction of sp³-hybridized carbons (Fsp3) is 0.318. The molecule has 0 spiro atoms. The van der Waals surface area contributed by atoms with Crippen molar-refractivity contribution >= 4 is 11.9 Å². The first-order chi connectivity index (χ1) is 13.1. The lowest BCUT2D eigenvalue weighted by Gasteiger charge is -2.20. The number of aryl methyl sites for hydroxylation is 1. The Bertz CT molecular complexity index is 926. The van der Waals surface area contributed by atoms with Gasteiger partial charge < -0.3 is 19.5 Å². The molecule has 2 aromatic carbocycles. The summed E-state index contributed by atoms with van der Waals surface area (Å²) in [6.45, 7) is 4.52. The molecule has 2 heterocycles. The van der Waals surface area contributed by atoms with Crippen molar-refractivity contribution in [2.45, 2.75) is 26.3 Å². The zero-order valence-electron chi connectivity index (χ0n) is 15.6. The Kier molecular flexibility index (Phi) is 4.62. The van der Waals surface area contributed by atoms with Crippen LogP contribution in [-0.2, 0) is 6.54 Å². The van der Waals surface area contributed by atoms with Gasteiger partial charge in [0, 0.05) is 18.4 Å². The monoisotopic (exact) mass is 365 g/mol. The fourth-order valence-corrected chi connectivity index (χ4v) is 3.92. The van der Waals surface area contributed by atoms with Crippen LogP contribution in [0.4, 0.5) is 0 Å². The molecular weight excluding hydrogens is 342 g/mol. The lowest BCUT2D eigenvalue weighted by Crippen LogP contribution is -3.08. The quantitative estimate of drug-likeness (QED) is 0.841. The molecule has 140 valence electrons. The highest BCUT2D eigenvalue weighted by Crippen LogP contribution is 2.40. The maximum Gasteiger partial charge on any atom is 0.232 e. The van der Waals surface area contributed by atoms with Gasteiger partial charge in [0.05, 0.1) is 25.8 Å². The van der Waals surface area contributed by atoms with Crippen molar-refractivity contribution in [2.24, 2.45) is 0 Å². The summed E-state index contributed by atoms with van der Waals surface area (Å²) in [6.07, 6.45) is 4.07. The molecule has 4 rings (SSSR count). The number of ketones is 1. The minimum atomic E-state index is -0.164. The molecule has 5 heteroatoms. The number of allylic oxidation sites excluding steroid dienone is 1. The second kappa shape index (κ2) is 7.08. The summed E-state index contributed by atoms with van der Waals surface area (Å²) >= 11 is 0. The molecule has 0 aliphatic carbocycles. The van der Waals surface area contributed by atoms with Gasteiger partial charge in [0.25, 0.3) is 0 Å². The molecule has 0 amide bonds. The third kappa shape index (κ3) is 3.30. The average Bonchev–Trinajstić information content (AvgIpc) is 3.27. The van der Waals surface area contributed by atoms with Gasteiger partial charge in [0.2, 0.25) is 5.78 Å². The highest BCUT2D eigenvalue weighted by Gasteiger charge is 2.33. The number of hydrogen-bond acceptors (Lipinski definition) is 4. The van der Waals surface area contributed by atoms with Crippen LogP contribution >= 0.6 is 0 Å². The molecule has 0 bridgehead atoms. The number of carbonyl (C=O) groups is 1. The van der Waals surface area contributed by atoms with E-state index in [2.05, 4.69) is 0 Å². The number of likely N-dealkylation sites (tertiary alicyclic amines) is 1. The van der Waals surface area contributed by atoms with Gasteiger partial charge in [0.1, 0.15) is 18.0 Å². The molecule has 27 heavy (non-hydrogen) atoms. The predicted molar refractivity (Wildman–Crippen MR) is 100 cm³/mol. The summed E-state index contributed by atoms with van der Waals surface area (Å²) in [7, 11) is 1.60. The average molecular weight is 365 g/mol. The third-order valence-corrected chi connectivity index (χ3v) is 5.33. The first-order valence-electron chi connectivity index (χ1n) is 9.32. The predicted octanol–water partition coefficient (Wildman–Crippen LogP) is 1.87. The smallest absolute Gasteiger partial charge is 0.232 e. The SMILES string of the molecule is COc1cccc(C=C2Oc3c(C[NH+]4CCCC4)c([O-])cc(C)c3C2=O)c1. The topological polar surface area (TPSA) is 63.0 Å². The maximum atomic E-state index is 12.9. The standard InChI is InChI=1S/C22H23NO4/c1-14-10-18(24)17(13-23-8-3-4-9-23)22-20(14)21(25)19(27-22)12-15-6-5-7-16(11-15)26-2/h5-7,10-12,24H,3-4,8-9,13H2,1-2H3. The molecule has 0 radical (unpaired) electrons. The molecule has 0 saturated carbocycles. The van der Waals surface area contributed by atoms with Crippen LogP contribution in [-0.4, -0.2) is 26.0 Å². The zero-order valence-corrected chi connectivity index (χ0v) is 15.6. The third-order valence-electron chi connectivity index (χ3n) is 5.33. The van der Waals surface area contributed by atoms with Crippen molar-refractivity contribution in [3.63, 3.8) is 0 Å². The van der Waals surface area contributed by atoms with Crippen LogP contribution < -0.4 is 19.5 Å². The van der Waals surface area contributed by atoms with E-state index in [1.165, 1.54) is 17.7 Å². The van der Waals surface area contributed by atoms with Gasteiger partial charge in [-0.25, -0.2) is 0 Å². The Morgan fingerprint density at radius 1 is 1.26 bits per heavy atom. The second-order valence-electron chi connectivity index (χ2n) is 7.22. The fourth-order valence-electron chi connectivity index (χ4n) is 3.92. The van der Waals surface area contributed by atoms with E-state index >= 15 is 0 Å². The number of rotatable bonds is 4. The Morgan fingerprint density at radius 3 is 2.78 bits per heavy atom. The van der Waals surface area contributed by atoms with Crippen LogP contribution in [0.15, 0.2) is 36.1 Å². The molecule has 0 aromatic heterocycles. The van der Waals surface area contributed by atoms with Gasteiger partial charge in [-0.1, -0.05) is 23.9 Å². The van der Waals surface area contributed by atoms with Crippen molar-refractivity contribution in [1.29, 1.82) is 0 Å². The van der Waals surface area contributed by atoms with E-state index in [1.54, 1.807) is 26.2 Å². The lowest BCUT2D eigenvalue weighted by atomic mass is 9.99. The minimum absolute atomic E-state index is 0.0407. The first kappa shape index (κ1) is 17.6. The molecular formula is C22H23NO4. The number of nitrogens with one attached hydrogen (secondary N) is 1. The van der Waals surface area contributed by atoms with Crippen LogP contribution in [0.25, 0.3) is 6.08 Å². The Labute approximate surface area is 158 Å². The summed E-state index contributed by atoms with van der Waals surface area (Å²) in [5.74, 6) is 1.22. The Hall–Kier alpha value is -2.79. The maximum absolute atomic E-state index is 12.9. The number of quaternary nitrogens is 1. The zero-order chi connectivity index (χ0) is 19.0. The van der Waals surface area contributed by atoms with Crippen LogP contribution in [0.5, 0.6) is 17.2 Å². The molecule has 2 aliphatic heterocycles. The van der Waals surface area contributed by atoms with E-state index in [4.69, 9.17) is 9.47 Å². The summed E-state index contributed by atoms with van der Waals surface area (Å²) in [5, 5.41) is 12.6. The lowest BCUT2D eigenvalue weighted by molar-refractivity contribution is -0.901. The Balaban J connectivity index is 1.71. The molecule has 1 N–H and O–H groups in total. The number of fused-ring (bicyclic) bond motifs is 1. The van der Waals surface area contributed by atoms with Gasteiger partial charge in [-0.2, -0.15) is 0 Å². The van der Waals surface area contributed by atoms with E-state index in [1.807, 2.05) is 24.3 Å². The summed E-state index contributed by atoms with van der Waals surface area (Å²) in [4.78, 5) is 14.3. The number of benzene rings is 2. The van der Waals surface area contributed by atoms with Gasteiger partial charge in [-0.15, -0.1) is 0 Å². The second-order valence-corrected chi connectivity index (χ2v) is 7.22. The van der Waals surface area contributed by atoms with E-state index < -0.39 is 0 Å². The number of hydrogen-bond donors (Lipinski definition) is 1. The van der Waals surface area contributed by atoms with Gasteiger partial charge >= 0.3 is 0 Å². The highest BCUT2D eigenvalue weighted by molar-refractivity contribution is 6.15. The molecule has 0 unspecified atom stereocenters. The minimum Gasteiger partial charge on any atom is -0.872 e.